The molecule has 0 unspecified atom stereocenters. The Labute approximate surface area is 259 Å². The number of benzene rings is 1. The van der Waals surface area contributed by atoms with Gasteiger partial charge in [-0.05, 0) is 61.0 Å². The number of hydrogen-bond donors (Lipinski definition) is 2. The van der Waals surface area contributed by atoms with Gasteiger partial charge in [0, 0.05) is 22.8 Å². The fraction of sp³-hybridized carbons (Fsp3) is 0.686. The van der Waals surface area contributed by atoms with Crippen LogP contribution >= 0.6 is 0 Å². The molecule has 4 saturated carbocycles. The molecule has 9 heteroatoms. The van der Waals surface area contributed by atoms with Gasteiger partial charge in [0.1, 0.15) is 17.2 Å². The van der Waals surface area contributed by atoms with Gasteiger partial charge >= 0.3 is 0 Å². The Morgan fingerprint density at radius 3 is 2.43 bits per heavy atom. The number of aliphatic hydroxyl groups excluding tert-OH is 2. The molecule has 9 nitrogen and oxygen atoms in total. The van der Waals surface area contributed by atoms with Gasteiger partial charge < -0.3 is 24.4 Å². The molecule has 10 atom stereocenters. The van der Waals surface area contributed by atoms with Crippen molar-refractivity contribution in [3.05, 3.63) is 48.2 Å². The predicted octanol–water partition coefficient (Wildman–Crippen LogP) is 4.58. The van der Waals surface area contributed by atoms with E-state index >= 15 is 0 Å². The normalized spacial score (nSPS) is 44.8. The molecule has 7 fully saturated rings. The number of aromatic nitrogens is 3. The van der Waals surface area contributed by atoms with Gasteiger partial charge in [-0.25, -0.2) is 4.68 Å². The molecule has 2 N–H and O–H groups in total. The van der Waals surface area contributed by atoms with Crippen LogP contribution in [-0.4, -0.2) is 67.5 Å². The lowest BCUT2D eigenvalue weighted by Crippen LogP contribution is -2.89. The highest BCUT2D eigenvalue weighted by atomic mass is 16.8. The minimum absolute atomic E-state index is 0.0445. The van der Waals surface area contributed by atoms with Crippen LogP contribution in [0.5, 0.6) is 0 Å². The number of fused-ring (bicyclic) bond motifs is 1. The lowest BCUT2D eigenvalue weighted by atomic mass is 9.35. The van der Waals surface area contributed by atoms with Gasteiger partial charge in [-0.1, -0.05) is 70.7 Å². The third-order valence-electron chi connectivity index (χ3n) is 12.5. The molecule has 1 aromatic carbocycles. The van der Waals surface area contributed by atoms with Crippen molar-refractivity contribution in [1.82, 2.24) is 15.0 Å². The lowest BCUT2D eigenvalue weighted by molar-refractivity contribution is -0.536. The topological polar surface area (TPSA) is 116 Å². The van der Waals surface area contributed by atoms with Gasteiger partial charge in [-0.2, -0.15) is 0 Å². The van der Waals surface area contributed by atoms with Gasteiger partial charge in [0.25, 0.3) is 0 Å². The van der Waals surface area contributed by atoms with E-state index in [-0.39, 0.29) is 35.6 Å². The van der Waals surface area contributed by atoms with Crippen LogP contribution in [0.2, 0.25) is 0 Å². The van der Waals surface area contributed by atoms with Gasteiger partial charge in [-0.15, -0.1) is 5.10 Å². The van der Waals surface area contributed by atoms with Crippen molar-refractivity contribution in [3.63, 3.8) is 0 Å². The summed E-state index contributed by atoms with van der Waals surface area (Å²) >= 11 is 0. The van der Waals surface area contributed by atoms with Crippen molar-refractivity contribution >= 4 is 5.78 Å². The summed E-state index contributed by atoms with van der Waals surface area (Å²) in [5.41, 5.74) is 0.816. The molecule has 4 aliphatic carbocycles. The van der Waals surface area contributed by atoms with E-state index in [1.807, 2.05) is 20.0 Å². The van der Waals surface area contributed by atoms with Crippen LogP contribution in [0.15, 0.2) is 42.6 Å². The molecule has 3 spiro atoms. The fourth-order valence-electron chi connectivity index (χ4n) is 11.0. The molecule has 2 aromatic rings. The summed E-state index contributed by atoms with van der Waals surface area (Å²) in [6.45, 7) is 18.9. The molecule has 4 heterocycles. The van der Waals surface area contributed by atoms with Crippen LogP contribution in [0.3, 0.4) is 0 Å². The van der Waals surface area contributed by atoms with Crippen molar-refractivity contribution in [1.29, 1.82) is 0 Å². The number of aliphatic hydroxyl groups is 2. The average molecular weight is 604 g/mol. The number of carbonyl (C=O) groups excluding carboxylic acids is 1. The highest BCUT2D eigenvalue weighted by molar-refractivity contribution is 6.05. The van der Waals surface area contributed by atoms with E-state index < -0.39 is 52.2 Å². The molecule has 4 bridgehead atoms. The summed E-state index contributed by atoms with van der Waals surface area (Å²) in [6, 6.07) is 7.95. The Morgan fingerprint density at radius 2 is 1.75 bits per heavy atom. The third kappa shape index (κ3) is 3.20. The Balaban J connectivity index is 1.24. The minimum atomic E-state index is -1.57. The minimum Gasteiger partial charge on any atom is -0.390 e. The molecule has 3 aliphatic heterocycles. The second-order valence-electron chi connectivity index (χ2n) is 16.6. The quantitative estimate of drug-likeness (QED) is 0.480. The van der Waals surface area contributed by atoms with Crippen molar-refractivity contribution in [2.24, 2.45) is 34.0 Å². The summed E-state index contributed by atoms with van der Waals surface area (Å²) in [7, 11) is 0. The predicted molar refractivity (Wildman–Crippen MR) is 161 cm³/mol. The van der Waals surface area contributed by atoms with E-state index in [2.05, 4.69) is 75.8 Å². The summed E-state index contributed by atoms with van der Waals surface area (Å²) in [6.07, 6.45) is 1.25. The molecule has 236 valence electrons. The van der Waals surface area contributed by atoms with E-state index in [4.69, 9.17) is 14.2 Å². The zero-order valence-corrected chi connectivity index (χ0v) is 26.8. The fourth-order valence-corrected chi connectivity index (χ4v) is 11.0. The molecule has 1 aromatic heterocycles. The molecule has 9 rings (SSSR count). The van der Waals surface area contributed by atoms with Crippen LogP contribution in [0.25, 0.3) is 11.3 Å². The van der Waals surface area contributed by atoms with E-state index in [0.29, 0.717) is 18.4 Å². The number of ketones is 1. The second-order valence-corrected chi connectivity index (χ2v) is 16.6. The third-order valence-corrected chi connectivity index (χ3v) is 12.5. The standard InChI is InChI=1S/C35H45N3O6/c1-18-21-13-14-24-33-17-42-35(34(24,26(18)39)29(21)43-32(7,8)44-35)28(41)25(33)31(5,6)15-23(27(33)40)38-16-22(36-37-38)19-9-11-20(12-10-19)30(2,3)4/h9-12,16,21,23-25,27-29,40-41H,1,13-15,17H2,2-8H3/t21-,23-,24-,25+,27+,28-,29+,33-,34-,35+/m0/s1. The van der Waals surface area contributed by atoms with Crippen molar-refractivity contribution in [2.75, 3.05) is 6.61 Å². The van der Waals surface area contributed by atoms with Crippen LogP contribution in [-0.2, 0) is 24.4 Å². The van der Waals surface area contributed by atoms with E-state index in [9.17, 15) is 15.0 Å². The van der Waals surface area contributed by atoms with Crippen LogP contribution in [0, 0.1) is 34.0 Å². The first-order valence-corrected chi connectivity index (χ1v) is 16.2. The van der Waals surface area contributed by atoms with E-state index in [0.717, 1.165) is 17.7 Å². The summed E-state index contributed by atoms with van der Waals surface area (Å²) < 4.78 is 21.7. The van der Waals surface area contributed by atoms with Crippen LogP contribution in [0.1, 0.15) is 79.3 Å². The number of nitrogens with zero attached hydrogens (tertiary/aromatic N) is 3. The Hall–Kier alpha value is -2.43. The van der Waals surface area contributed by atoms with Crippen LogP contribution < -0.4 is 0 Å². The van der Waals surface area contributed by atoms with Gasteiger partial charge in [0.2, 0.25) is 5.79 Å². The number of carbonyl (C=O) groups is 1. The maximum absolute atomic E-state index is 14.5. The molecule has 7 aliphatic rings. The van der Waals surface area contributed by atoms with Crippen molar-refractivity contribution in [2.45, 2.75) is 109 Å². The first kappa shape index (κ1) is 29.0. The molecule has 44 heavy (non-hydrogen) atoms. The highest BCUT2D eigenvalue weighted by Crippen LogP contribution is 2.79. The highest BCUT2D eigenvalue weighted by Gasteiger charge is 2.90. The van der Waals surface area contributed by atoms with Crippen molar-refractivity contribution in [3.8, 4) is 11.3 Å². The average Bonchev–Trinajstić information content (AvgIpc) is 3.47. The van der Waals surface area contributed by atoms with Gasteiger partial charge in [0.05, 0.1) is 31.1 Å². The maximum Gasteiger partial charge on any atom is 0.213 e. The van der Waals surface area contributed by atoms with E-state index in [1.165, 1.54) is 5.56 Å². The molecular weight excluding hydrogens is 558 g/mol. The number of ether oxygens (including phenoxy) is 3. The zero-order valence-electron chi connectivity index (χ0n) is 26.8. The second kappa shape index (κ2) is 8.48. The summed E-state index contributed by atoms with van der Waals surface area (Å²) in [4.78, 5) is 14.5. The largest absolute Gasteiger partial charge is 0.390 e. The Kier molecular flexibility index (Phi) is 5.59. The molecule has 3 saturated heterocycles. The number of rotatable bonds is 2. The van der Waals surface area contributed by atoms with Crippen LogP contribution in [0.4, 0.5) is 0 Å². The molecular formula is C35H45N3O6. The smallest absolute Gasteiger partial charge is 0.213 e. The zero-order chi connectivity index (χ0) is 31.4. The Bertz CT molecular complexity index is 1570. The molecule has 0 radical (unpaired) electrons. The molecule has 0 amide bonds. The van der Waals surface area contributed by atoms with E-state index in [1.54, 1.807) is 4.68 Å². The monoisotopic (exact) mass is 603 g/mol. The van der Waals surface area contributed by atoms with Gasteiger partial charge in [-0.3, -0.25) is 4.79 Å². The van der Waals surface area contributed by atoms with Crippen molar-refractivity contribution < 1.29 is 29.2 Å². The maximum atomic E-state index is 14.5. The SMILES string of the molecule is C=C1C(=O)[C@@]23[C@@H]4OC(C)(C)O[C@@]25OC[C@]2([C@H](O)[C@@H](n6cc(-c7ccc(C(C)(C)C)cc7)nn6)CC(C)(C)[C@H]2[C@@H]5O)[C@@H]3CC[C@@H]14. The summed E-state index contributed by atoms with van der Waals surface area (Å²) in [5.74, 6) is -3.67. The lowest BCUT2D eigenvalue weighted by Gasteiger charge is -2.78. The Morgan fingerprint density at radius 1 is 1.05 bits per heavy atom. The van der Waals surface area contributed by atoms with Gasteiger partial charge in [0.15, 0.2) is 11.6 Å². The number of hydrogen-bond acceptors (Lipinski definition) is 8. The number of Topliss-reactive ketones (excluding diaryl/α,β-unsaturated/α-hetero) is 1. The first-order chi connectivity index (χ1) is 20.5. The summed E-state index contributed by atoms with van der Waals surface area (Å²) in [5, 5.41) is 34.2. The first-order valence-electron chi connectivity index (χ1n) is 16.2.